The molecule has 1 saturated heterocycles. The summed E-state index contributed by atoms with van der Waals surface area (Å²) < 4.78 is 0. The number of hydrogen-bond acceptors (Lipinski definition) is 4. The first-order valence-electron chi connectivity index (χ1n) is 10.2. The maximum Gasteiger partial charge on any atom is 0.325 e. The summed E-state index contributed by atoms with van der Waals surface area (Å²) in [5, 5.41) is 5.94. The van der Waals surface area contributed by atoms with Crippen molar-refractivity contribution in [1.29, 1.82) is 0 Å². The minimum absolute atomic E-state index is 0.216. The Hall–Kier alpha value is -3.39. The van der Waals surface area contributed by atoms with Crippen LogP contribution in [0.4, 0.5) is 10.5 Å². The molecule has 0 radical (unpaired) electrons. The third-order valence-corrected chi connectivity index (χ3v) is 5.73. The van der Waals surface area contributed by atoms with Crippen LogP contribution in [-0.2, 0) is 19.9 Å². The Bertz CT molecular complexity index is 1040. The van der Waals surface area contributed by atoms with Gasteiger partial charge in [0, 0.05) is 17.8 Å². The Morgan fingerprint density at radius 1 is 1.09 bits per heavy atom. The lowest BCUT2D eigenvalue weighted by Crippen LogP contribution is -2.46. The number of imide groups is 1. The number of nitrogens with one attached hydrogen (secondary N) is 2. The molecule has 2 aromatic rings. The fourth-order valence-corrected chi connectivity index (χ4v) is 3.67. The summed E-state index contributed by atoms with van der Waals surface area (Å²) in [5.74, 6) is -1.43. The van der Waals surface area contributed by atoms with Crippen LogP contribution in [-0.4, -0.2) is 53.7 Å². The van der Waals surface area contributed by atoms with E-state index >= 15 is 0 Å². The second-order valence-electron chi connectivity index (χ2n) is 7.75. The van der Waals surface area contributed by atoms with Crippen LogP contribution in [0.5, 0.6) is 0 Å². The third-order valence-electron chi connectivity index (χ3n) is 5.48. The minimum Gasteiger partial charge on any atom is -0.335 e. The third kappa shape index (κ3) is 4.75. The minimum atomic E-state index is -1.26. The molecule has 1 aliphatic heterocycles. The van der Waals surface area contributed by atoms with Gasteiger partial charge in [-0.25, -0.2) is 4.79 Å². The molecule has 0 bridgehead atoms. The van der Waals surface area contributed by atoms with Crippen molar-refractivity contribution in [1.82, 2.24) is 15.1 Å². The van der Waals surface area contributed by atoms with Crippen molar-refractivity contribution < 1.29 is 19.2 Å². The van der Waals surface area contributed by atoms with Crippen molar-refractivity contribution in [2.45, 2.75) is 25.8 Å². The number of carbonyl (C=O) groups is 4. The van der Waals surface area contributed by atoms with Crippen LogP contribution in [0.2, 0.25) is 5.02 Å². The number of benzene rings is 2. The second kappa shape index (κ2) is 9.40. The fraction of sp³-hybridized carbons (Fsp3) is 0.304. The number of aryl methyl sites for hydroxylation is 1. The first-order chi connectivity index (χ1) is 15.2. The number of halogens is 1. The molecule has 5 amide bonds. The number of carbonyl (C=O) groups excluding carboxylic acids is 4. The van der Waals surface area contributed by atoms with Crippen LogP contribution >= 0.6 is 11.6 Å². The van der Waals surface area contributed by atoms with Crippen molar-refractivity contribution in [3.63, 3.8) is 0 Å². The van der Waals surface area contributed by atoms with Gasteiger partial charge in [0.15, 0.2) is 0 Å². The van der Waals surface area contributed by atoms with Crippen LogP contribution in [0, 0.1) is 6.92 Å². The van der Waals surface area contributed by atoms with E-state index in [1.807, 2.05) is 19.1 Å². The van der Waals surface area contributed by atoms with E-state index in [2.05, 4.69) is 10.6 Å². The Morgan fingerprint density at radius 2 is 1.72 bits per heavy atom. The predicted molar refractivity (Wildman–Crippen MR) is 121 cm³/mol. The molecule has 1 atom stereocenters. The average Bonchev–Trinajstić information content (AvgIpc) is 3.00. The Kier molecular flexibility index (Phi) is 6.84. The van der Waals surface area contributed by atoms with E-state index in [4.69, 9.17) is 11.6 Å². The summed E-state index contributed by atoms with van der Waals surface area (Å²) in [6.45, 7) is 3.04. The zero-order chi connectivity index (χ0) is 23.5. The molecule has 9 heteroatoms. The van der Waals surface area contributed by atoms with E-state index in [0.29, 0.717) is 22.7 Å². The molecule has 8 nitrogen and oxygen atoms in total. The largest absolute Gasteiger partial charge is 0.335 e. The lowest BCUT2D eigenvalue weighted by atomic mass is 9.87. The van der Waals surface area contributed by atoms with Crippen molar-refractivity contribution in [3.8, 4) is 0 Å². The molecular formula is C23H25ClN4O4. The molecule has 1 fully saturated rings. The summed E-state index contributed by atoms with van der Waals surface area (Å²) in [6, 6.07) is 13.2. The highest BCUT2D eigenvalue weighted by Crippen LogP contribution is 2.33. The maximum absolute atomic E-state index is 13.2. The van der Waals surface area contributed by atoms with Gasteiger partial charge in [-0.1, -0.05) is 48.4 Å². The number of anilines is 1. The van der Waals surface area contributed by atoms with E-state index in [1.165, 1.54) is 11.9 Å². The van der Waals surface area contributed by atoms with E-state index < -0.39 is 29.9 Å². The summed E-state index contributed by atoms with van der Waals surface area (Å²) in [5.41, 5.74) is 1.00. The molecule has 0 aliphatic carbocycles. The number of nitrogens with zero attached hydrogens (tertiary/aromatic N) is 2. The zero-order valence-electron chi connectivity index (χ0n) is 18.1. The monoisotopic (exact) mass is 456 g/mol. The molecule has 32 heavy (non-hydrogen) atoms. The molecular weight excluding hydrogens is 432 g/mol. The molecule has 1 aliphatic rings. The van der Waals surface area contributed by atoms with Crippen LogP contribution in [0.3, 0.4) is 0 Å². The molecule has 0 saturated carbocycles. The highest BCUT2D eigenvalue weighted by molar-refractivity contribution is 6.30. The van der Waals surface area contributed by atoms with Gasteiger partial charge in [-0.2, -0.15) is 0 Å². The van der Waals surface area contributed by atoms with Gasteiger partial charge in [-0.05, 0) is 43.2 Å². The molecule has 0 spiro atoms. The second-order valence-corrected chi connectivity index (χ2v) is 8.19. The van der Waals surface area contributed by atoms with Crippen LogP contribution in [0.15, 0.2) is 48.5 Å². The van der Waals surface area contributed by atoms with Crippen molar-refractivity contribution in [3.05, 3.63) is 64.7 Å². The molecule has 168 valence electrons. The van der Waals surface area contributed by atoms with E-state index in [9.17, 15) is 19.2 Å². The van der Waals surface area contributed by atoms with Crippen LogP contribution in [0.25, 0.3) is 0 Å². The normalized spacial score (nSPS) is 17.8. The van der Waals surface area contributed by atoms with E-state index in [0.717, 1.165) is 10.5 Å². The molecule has 3 rings (SSSR count). The van der Waals surface area contributed by atoms with Gasteiger partial charge >= 0.3 is 6.03 Å². The highest BCUT2D eigenvalue weighted by atomic mass is 35.5. The summed E-state index contributed by atoms with van der Waals surface area (Å²) in [4.78, 5) is 52.7. The van der Waals surface area contributed by atoms with Gasteiger partial charge in [0.05, 0.1) is 6.54 Å². The van der Waals surface area contributed by atoms with Gasteiger partial charge in [0.25, 0.3) is 5.91 Å². The van der Waals surface area contributed by atoms with Crippen molar-refractivity contribution >= 4 is 41.0 Å². The fourth-order valence-electron chi connectivity index (χ4n) is 3.54. The molecule has 0 aromatic heterocycles. The number of rotatable bonds is 7. The topological polar surface area (TPSA) is 98.8 Å². The molecule has 1 heterocycles. The molecule has 1 unspecified atom stereocenters. The smallest absolute Gasteiger partial charge is 0.325 e. The van der Waals surface area contributed by atoms with E-state index in [-0.39, 0.29) is 12.5 Å². The SMILES string of the molecule is CCC1(c2ccc(Cl)cc2)NC(=O)N(CC(=O)N(C)CC(=O)Nc2ccc(C)cc2)C1=O. The van der Waals surface area contributed by atoms with Gasteiger partial charge in [0.2, 0.25) is 11.8 Å². The van der Waals surface area contributed by atoms with Crippen molar-refractivity contribution in [2.75, 3.05) is 25.5 Å². The van der Waals surface area contributed by atoms with Crippen LogP contribution in [0.1, 0.15) is 24.5 Å². The van der Waals surface area contributed by atoms with Crippen molar-refractivity contribution in [2.24, 2.45) is 0 Å². The lowest BCUT2D eigenvalue weighted by molar-refractivity contribution is -0.139. The van der Waals surface area contributed by atoms with Gasteiger partial charge in [-0.15, -0.1) is 0 Å². The van der Waals surface area contributed by atoms with Gasteiger partial charge < -0.3 is 15.5 Å². The standard InChI is InChI=1S/C23H25ClN4O4/c1-4-23(16-7-9-17(24)10-8-16)21(31)28(22(32)26-23)14-20(30)27(3)13-19(29)25-18-11-5-15(2)6-12-18/h5-12H,4,13-14H2,1-3H3,(H,25,29)(H,26,32). The number of hydrogen-bond donors (Lipinski definition) is 2. The predicted octanol–water partition coefficient (Wildman–Crippen LogP) is 2.90. The first kappa shape index (κ1) is 23.3. The summed E-state index contributed by atoms with van der Waals surface area (Å²) >= 11 is 5.94. The van der Waals surface area contributed by atoms with E-state index in [1.54, 1.807) is 43.3 Å². The highest BCUT2D eigenvalue weighted by Gasteiger charge is 2.51. The lowest BCUT2D eigenvalue weighted by Gasteiger charge is -2.26. The Balaban J connectivity index is 1.65. The van der Waals surface area contributed by atoms with Gasteiger partial charge in [0.1, 0.15) is 12.1 Å². The maximum atomic E-state index is 13.2. The first-order valence-corrected chi connectivity index (χ1v) is 10.5. The Morgan fingerprint density at radius 3 is 2.31 bits per heavy atom. The number of likely N-dealkylation sites (N-methyl/N-ethyl adjacent to an activating group) is 1. The quantitative estimate of drug-likeness (QED) is 0.626. The van der Waals surface area contributed by atoms with Gasteiger partial charge in [-0.3, -0.25) is 19.3 Å². The van der Waals surface area contributed by atoms with Crippen LogP contribution < -0.4 is 10.6 Å². The summed E-state index contributed by atoms with van der Waals surface area (Å²) in [6.07, 6.45) is 0.304. The zero-order valence-corrected chi connectivity index (χ0v) is 18.9. The number of amides is 5. The molecule has 2 aromatic carbocycles. The summed E-state index contributed by atoms with van der Waals surface area (Å²) in [7, 11) is 1.45. The molecule has 2 N–H and O–H groups in total. The Labute approximate surface area is 191 Å². The average molecular weight is 457 g/mol. The number of urea groups is 1.